The summed E-state index contributed by atoms with van der Waals surface area (Å²) >= 11 is 0. The highest BCUT2D eigenvalue weighted by Crippen LogP contribution is 2.43. The summed E-state index contributed by atoms with van der Waals surface area (Å²) in [6.07, 6.45) is 8.06. The fourth-order valence-electron chi connectivity index (χ4n) is 4.71. The van der Waals surface area contributed by atoms with E-state index in [9.17, 15) is 5.26 Å². The molecule has 3 heteroatoms. The molecule has 1 saturated carbocycles. The van der Waals surface area contributed by atoms with Gasteiger partial charge in [-0.15, -0.1) is 0 Å². The number of hydrogen-bond acceptors (Lipinski definition) is 3. The molecule has 0 unspecified atom stereocenters. The van der Waals surface area contributed by atoms with Crippen molar-refractivity contribution in [1.29, 1.82) is 5.26 Å². The van der Waals surface area contributed by atoms with Crippen LogP contribution >= 0.6 is 0 Å². The molecule has 3 nitrogen and oxygen atoms in total. The highest BCUT2D eigenvalue weighted by molar-refractivity contribution is 6.13. The maximum absolute atomic E-state index is 9.79. The zero-order chi connectivity index (χ0) is 19.1. The van der Waals surface area contributed by atoms with Crippen LogP contribution in [0.2, 0.25) is 0 Å². The average Bonchev–Trinajstić information content (AvgIpc) is 3.16. The number of nitriles is 1. The molecule has 0 atom stereocenters. The Kier molecular flexibility index (Phi) is 4.13. The SMILES string of the molecule is Cc1ccc(-c2ccccn2)c2oc3c(C4CCCCC4)ccc(C#N)c3c12. The van der Waals surface area contributed by atoms with E-state index in [0.717, 1.165) is 38.8 Å². The Morgan fingerprint density at radius 1 is 0.964 bits per heavy atom. The number of hydrogen-bond donors (Lipinski definition) is 0. The standard InChI is InChI=1S/C25H22N2O/c1-16-10-12-20(21-9-5-6-14-27-21)25-22(16)23-18(15-26)11-13-19(24(23)28-25)17-7-3-2-4-8-17/h5-6,9-14,17H,2-4,7-8H2,1H3. The molecule has 138 valence electrons. The summed E-state index contributed by atoms with van der Waals surface area (Å²) in [7, 11) is 0. The van der Waals surface area contributed by atoms with Gasteiger partial charge in [0, 0.05) is 22.5 Å². The predicted molar refractivity (Wildman–Crippen MR) is 112 cm³/mol. The minimum atomic E-state index is 0.517. The van der Waals surface area contributed by atoms with Gasteiger partial charge in [0.2, 0.25) is 0 Å². The Hall–Kier alpha value is -3.12. The summed E-state index contributed by atoms with van der Waals surface area (Å²) in [6.45, 7) is 2.09. The number of aryl methyl sites for hydroxylation is 1. The Labute approximate surface area is 164 Å². The van der Waals surface area contributed by atoms with Gasteiger partial charge in [-0.2, -0.15) is 5.26 Å². The highest BCUT2D eigenvalue weighted by Gasteiger charge is 2.24. The van der Waals surface area contributed by atoms with Crippen molar-refractivity contribution in [1.82, 2.24) is 4.98 Å². The summed E-state index contributed by atoms with van der Waals surface area (Å²) in [5.74, 6) is 0.517. The Morgan fingerprint density at radius 2 is 1.82 bits per heavy atom. The summed E-state index contributed by atoms with van der Waals surface area (Å²) < 4.78 is 6.55. The normalized spacial score (nSPS) is 15.1. The number of rotatable bonds is 2. The van der Waals surface area contributed by atoms with Gasteiger partial charge in [-0.3, -0.25) is 4.98 Å². The minimum absolute atomic E-state index is 0.517. The van der Waals surface area contributed by atoms with Crippen LogP contribution in [0, 0.1) is 18.3 Å². The first-order valence-corrected chi connectivity index (χ1v) is 10.1. The molecule has 2 aromatic carbocycles. The van der Waals surface area contributed by atoms with Gasteiger partial charge in [0.1, 0.15) is 11.2 Å². The van der Waals surface area contributed by atoms with Gasteiger partial charge in [0.05, 0.1) is 17.3 Å². The van der Waals surface area contributed by atoms with Crippen LogP contribution in [-0.2, 0) is 0 Å². The van der Waals surface area contributed by atoms with Crippen molar-refractivity contribution in [2.24, 2.45) is 0 Å². The van der Waals surface area contributed by atoms with Crippen LogP contribution in [0.15, 0.2) is 53.1 Å². The van der Waals surface area contributed by atoms with Crippen molar-refractivity contribution in [2.75, 3.05) is 0 Å². The number of furan rings is 1. The van der Waals surface area contributed by atoms with Gasteiger partial charge in [0.25, 0.3) is 0 Å². The van der Waals surface area contributed by atoms with Gasteiger partial charge in [-0.25, -0.2) is 0 Å². The molecule has 28 heavy (non-hydrogen) atoms. The minimum Gasteiger partial charge on any atom is -0.455 e. The Bertz CT molecular complexity index is 1210. The number of benzene rings is 2. The predicted octanol–water partition coefficient (Wildman–Crippen LogP) is 6.88. The van der Waals surface area contributed by atoms with Gasteiger partial charge in [-0.1, -0.05) is 37.5 Å². The highest BCUT2D eigenvalue weighted by atomic mass is 16.3. The molecular weight excluding hydrogens is 344 g/mol. The van der Waals surface area contributed by atoms with Crippen LogP contribution in [-0.4, -0.2) is 4.98 Å². The van der Waals surface area contributed by atoms with E-state index in [0.29, 0.717) is 11.5 Å². The maximum Gasteiger partial charge on any atom is 0.145 e. The van der Waals surface area contributed by atoms with Crippen LogP contribution in [0.1, 0.15) is 54.7 Å². The molecule has 2 heterocycles. The first-order chi connectivity index (χ1) is 13.8. The van der Waals surface area contributed by atoms with E-state index >= 15 is 0 Å². The average molecular weight is 366 g/mol. The van der Waals surface area contributed by atoms with E-state index < -0.39 is 0 Å². The van der Waals surface area contributed by atoms with E-state index in [2.05, 4.69) is 36.2 Å². The van der Waals surface area contributed by atoms with Crippen LogP contribution < -0.4 is 0 Å². The zero-order valence-corrected chi connectivity index (χ0v) is 16.0. The van der Waals surface area contributed by atoms with E-state index in [1.165, 1.54) is 37.7 Å². The van der Waals surface area contributed by atoms with Gasteiger partial charge in [0.15, 0.2) is 0 Å². The molecule has 0 N–H and O–H groups in total. The van der Waals surface area contributed by atoms with Crippen molar-refractivity contribution in [3.05, 3.63) is 65.4 Å². The second kappa shape index (κ2) is 6.80. The summed E-state index contributed by atoms with van der Waals surface area (Å²) in [5.41, 5.74) is 6.69. The molecule has 1 aliphatic carbocycles. The third-order valence-electron chi connectivity index (χ3n) is 6.11. The van der Waals surface area contributed by atoms with Crippen molar-refractivity contribution >= 4 is 21.9 Å². The van der Waals surface area contributed by atoms with Crippen molar-refractivity contribution < 1.29 is 4.42 Å². The lowest BCUT2D eigenvalue weighted by Gasteiger charge is -2.22. The Balaban J connectivity index is 1.86. The zero-order valence-electron chi connectivity index (χ0n) is 16.0. The van der Waals surface area contributed by atoms with Crippen molar-refractivity contribution in [2.45, 2.75) is 44.9 Å². The molecule has 0 spiro atoms. The molecule has 0 radical (unpaired) electrons. The lowest BCUT2D eigenvalue weighted by atomic mass is 9.83. The molecule has 0 bridgehead atoms. The van der Waals surface area contributed by atoms with Crippen LogP contribution in [0.25, 0.3) is 33.2 Å². The van der Waals surface area contributed by atoms with Crippen molar-refractivity contribution in [3.8, 4) is 17.3 Å². The summed E-state index contributed by atoms with van der Waals surface area (Å²) in [6, 6.07) is 16.6. The first kappa shape index (κ1) is 17.0. The largest absolute Gasteiger partial charge is 0.455 e. The molecule has 4 aromatic rings. The monoisotopic (exact) mass is 366 g/mol. The molecular formula is C25H22N2O. The molecule has 0 amide bonds. The van der Waals surface area contributed by atoms with Crippen LogP contribution in [0.3, 0.4) is 0 Å². The summed E-state index contributed by atoms with van der Waals surface area (Å²) in [5, 5.41) is 11.8. The topological polar surface area (TPSA) is 49.8 Å². The molecule has 2 aromatic heterocycles. The van der Waals surface area contributed by atoms with Crippen molar-refractivity contribution in [3.63, 3.8) is 0 Å². The smallest absolute Gasteiger partial charge is 0.145 e. The number of fused-ring (bicyclic) bond motifs is 3. The molecule has 0 saturated heterocycles. The number of pyridine rings is 1. The second-order valence-electron chi connectivity index (χ2n) is 7.80. The maximum atomic E-state index is 9.79. The summed E-state index contributed by atoms with van der Waals surface area (Å²) in [4.78, 5) is 4.53. The molecule has 1 fully saturated rings. The molecule has 0 aliphatic heterocycles. The van der Waals surface area contributed by atoms with Crippen LogP contribution in [0.4, 0.5) is 0 Å². The quantitative estimate of drug-likeness (QED) is 0.389. The van der Waals surface area contributed by atoms with E-state index in [1.54, 1.807) is 6.20 Å². The van der Waals surface area contributed by atoms with E-state index in [4.69, 9.17) is 4.42 Å². The fourth-order valence-corrected chi connectivity index (χ4v) is 4.71. The molecule has 1 aliphatic rings. The van der Waals surface area contributed by atoms with E-state index in [1.807, 2.05) is 24.3 Å². The third-order valence-corrected chi connectivity index (χ3v) is 6.11. The third kappa shape index (κ3) is 2.60. The lowest BCUT2D eigenvalue weighted by Crippen LogP contribution is -2.04. The number of aromatic nitrogens is 1. The Morgan fingerprint density at radius 3 is 2.57 bits per heavy atom. The first-order valence-electron chi connectivity index (χ1n) is 10.1. The van der Waals surface area contributed by atoms with Gasteiger partial charge >= 0.3 is 0 Å². The van der Waals surface area contributed by atoms with Gasteiger partial charge in [-0.05, 0) is 61.1 Å². The number of nitrogens with zero attached hydrogens (tertiary/aromatic N) is 2. The lowest BCUT2D eigenvalue weighted by molar-refractivity contribution is 0.442. The molecule has 5 rings (SSSR count). The van der Waals surface area contributed by atoms with Gasteiger partial charge < -0.3 is 4.42 Å². The second-order valence-corrected chi connectivity index (χ2v) is 7.80. The van der Waals surface area contributed by atoms with Crippen LogP contribution in [0.5, 0.6) is 0 Å². The fraction of sp³-hybridized carbons (Fsp3) is 0.280. The van der Waals surface area contributed by atoms with E-state index in [-0.39, 0.29) is 0 Å².